The highest BCUT2D eigenvalue weighted by Gasteiger charge is 2.16. The number of carbonyl (C=O) groups excluding carboxylic acids is 1. The van der Waals surface area contributed by atoms with Crippen LogP contribution in [0.4, 0.5) is 11.4 Å². The normalized spacial score (nSPS) is 14.6. The Morgan fingerprint density at radius 2 is 1.78 bits per heavy atom. The van der Waals surface area contributed by atoms with Gasteiger partial charge < -0.3 is 15.0 Å². The summed E-state index contributed by atoms with van der Waals surface area (Å²) in [4.78, 5) is 14.7. The topological polar surface area (TPSA) is 41.6 Å². The number of anilines is 2. The molecule has 2 aromatic rings. The zero-order valence-electron chi connectivity index (χ0n) is 13.4. The molecule has 1 amide bonds. The lowest BCUT2D eigenvalue weighted by molar-refractivity contribution is -0.115. The van der Waals surface area contributed by atoms with E-state index in [2.05, 4.69) is 16.3 Å². The fraction of sp³-hybridized carbons (Fsp3) is 0.316. The van der Waals surface area contributed by atoms with Crippen LogP contribution in [0.15, 0.2) is 48.5 Å². The van der Waals surface area contributed by atoms with Crippen molar-refractivity contribution in [2.75, 3.05) is 36.5 Å². The molecule has 0 saturated carbocycles. The lowest BCUT2D eigenvalue weighted by atomic mass is 10.1. The number of nitrogens with one attached hydrogen (secondary N) is 1. The first-order chi connectivity index (χ1) is 11.2. The van der Waals surface area contributed by atoms with E-state index in [9.17, 15) is 4.79 Å². The Balaban J connectivity index is 1.72. The van der Waals surface area contributed by atoms with E-state index in [1.807, 2.05) is 49.4 Å². The van der Waals surface area contributed by atoms with E-state index in [4.69, 9.17) is 4.74 Å². The molecule has 3 rings (SSSR count). The number of carbonyl (C=O) groups is 1. The van der Waals surface area contributed by atoms with Crippen LogP contribution >= 0.6 is 0 Å². The Morgan fingerprint density at radius 3 is 2.57 bits per heavy atom. The van der Waals surface area contributed by atoms with Gasteiger partial charge in [0.15, 0.2) is 0 Å². The standard InChI is InChI=1S/C19H22N2O2/c1-15-6-2-3-7-16(15)14-19(22)20-17-8-4-5-9-18(17)21-10-12-23-13-11-21/h2-9H,10-14H2,1H3,(H,20,22). The van der Waals surface area contributed by atoms with Crippen molar-refractivity contribution in [3.05, 3.63) is 59.7 Å². The number of para-hydroxylation sites is 2. The quantitative estimate of drug-likeness (QED) is 0.944. The molecule has 0 radical (unpaired) electrons. The second kappa shape index (κ2) is 7.29. The maximum absolute atomic E-state index is 12.4. The molecule has 120 valence electrons. The zero-order chi connectivity index (χ0) is 16.1. The van der Waals surface area contributed by atoms with E-state index in [0.717, 1.165) is 48.8 Å². The van der Waals surface area contributed by atoms with Crippen molar-refractivity contribution in [3.8, 4) is 0 Å². The van der Waals surface area contributed by atoms with Gasteiger partial charge in [-0.25, -0.2) is 0 Å². The summed E-state index contributed by atoms with van der Waals surface area (Å²) in [5.74, 6) is 0.0139. The van der Waals surface area contributed by atoms with Crippen molar-refractivity contribution in [3.63, 3.8) is 0 Å². The number of nitrogens with zero attached hydrogens (tertiary/aromatic N) is 1. The minimum absolute atomic E-state index is 0.0139. The highest BCUT2D eigenvalue weighted by Crippen LogP contribution is 2.26. The molecule has 4 heteroatoms. The summed E-state index contributed by atoms with van der Waals surface area (Å²) < 4.78 is 5.41. The number of ether oxygens (including phenoxy) is 1. The van der Waals surface area contributed by atoms with E-state index in [1.54, 1.807) is 0 Å². The molecule has 0 bridgehead atoms. The Hall–Kier alpha value is -2.33. The van der Waals surface area contributed by atoms with Crippen LogP contribution in [0.2, 0.25) is 0 Å². The first-order valence-corrected chi connectivity index (χ1v) is 8.00. The zero-order valence-corrected chi connectivity index (χ0v) is 13.4. The van der Waals surface area contributed by atoms with Crippen LogP contribution < -0.4 is 10.2 Å². The van der Waals surface area contributed by atoms with Gasteiger partial charge in [0.25, 0.3) is 0 Å². The fourth-order valence-corrected chi connectivity index (χ4v) is 2.84. The summed E-state index contributed by atoms with van der Waals surface area (Å²) in [7, 11) is 0. The predicted octanol–water partition coefficient (Wildman–Crippen LogP) is 3.01. The van der Waals surface area contributed by atoms with Gasteiger partial charge in [-0.3, -0.25) is 4.79 Å². The van der Waals surface area contributed by atoms with Crippen molar-refractivity contribution < 1.29 is 9.53 Å². The molecule has 4 nitrogen and oxygen atoms in total. The minimum Gasteiger partial charge on any atom is -0.378 e. The summed E-state index contributed by atoms with van der Waals surface area (Å²) in [5.41, 5.74) is 4.14. The summed E-state index contributed by atoms with van der Waals surface area (Å²) >= 11 is 0. The number of benzene rings is 2. The minimum atomic E-state index is 0.0139. The lowest BCUT2D eigenvalue weighted by Crippen LogP contribution is -2.36. The Kier molecular flexibility index (Phi) is 4.93. The van der Waals surface area contributed by atoms with Crippen LogP contribution in [-0.4, -0.2) is 32.2 Å². The maximum atomic E-state index is 12.4. The van der Waals surface area contributed by atoms with Crippen LogP contribution in [0.1, 0.15) is 11.1 Å². The Labute approximate surface area is 137 Å². The number of aryl methyl sites for hydroxylation is 1. The van der Waals surface area contributed by atoms with Crippen molar-refractivity contribution in [2.45, 2.75) is 13.3 Å². The van der Waals surface area contributed by atoms with Crippen LogP contribution in [0.3, 0.4) is 0 Å². The molecule has 1 aliphatic rings. The Bertz CT molecular complexity index is 679. The number of rotatable bonds is 4. The van der Waals surface area contributed by atoms with Gasteiger partial charge in [0.2, 0.25) is 5.91 Å². The first-order valence-electron chi connectivity index (χ1n) is 8.00. The third-order valence-electron chi connectivity index (χ3n) is 4.14. The average Bonchev–Trinajstić information content (AvgIpc) is 2.58. The highest BCUT2D eigenvalue weighted by molar-refractivity contribution is 5.95. The molecule has 1 aliphatic heterocycles. The smallest absolute Gasteiger partial charge is 0.228 e. The summed E-state index contributed by atoms with van der Waals surface area (Å²) in [6.07, 6.45) is 0.393. The van der Waals surface area contributed by atoms with Crippen LogP contribution in [0.5, 0.6) is 0 Å². The number of amides is 1. The van der Waals surface area contributed by atoms with Gasteiger partial charge >= 0.3 is 0 Å². The van der Waals surface area contributed by atoms with Gasteiger partial charge in [0.1, 0.15) is 0 Å². The molecule has 1 heterocycles. The number of morpholine rings is 1. The molecular weight excluding hydrogens is 288 g/mol. The molecule has 1 N–H and O–H groups in total. The maximum Gasteiger partial charge on any atom is 0.228 e. The van der Waals surface area contributed by atoms with E-state index in [-0.39, 0.29) is 5.91 Å². The molecule has 0 aromatic heterocycles. The Morgan fingerprint density at radius 1 is 1.09 bits per heavy atom. The molecule has 0 atom stereocenters. The SMILES string of the molecule is Cc1ccccc1CC(=O)Nc1ccccc1N1CCOCC1. The van der Waals surface area contributed by atoms with Gasteiger partial charge in [0, 0.05) is 13.1 Å². The van der Waals surface area contributed by atoms with Crippen molar-refractivity contribution in [2.24, 2.45) is 0 Å². The molecule has 23 heavy (non-hydrogen) atoms. The summed E-state index contributed by atoms with van der Waals surface area (Å²) in [6.45, 7) is 5.19. The van der Waals surface area contributed by atoms with Crippen LogP contribution in [-0.2, 0) is 16.0 Å². The van der Waals surface area contributed by atoms with Gasteiger partial charge in [-0.2, -0.15) is 0 Å². The van der Waals surface area contributed by atoms with Crippen molar-refractivity contribution in [1.82, 2.24) is 0 Å². The molecule has 0 spiro atoms. The van der Waals surface area contributed by atoms with Crippen molar-refractivity contribution in [1.29, 1.82) is 0 Å². The van der Waals surface area contributed by atoms with E-state index >= 15 is 0 Å². The lowest BCUT2D eigenvalue weighted by Gasteiger charge is -2.30. The third kappa shape index (κ3) is 3.90. The highest BCUT2D eigenvalue weighted by atomic mass is 16.5. The molecular formula is C19H22N2O2. The average molecular weight is 310 g/mol. The van der Waals surface area contributed by atoms with E-state index in [0.29, 0.717) is 6.42 Å². The number of hydrogen-bond donors (Lipinski definition) is 1. The van der Waals surface area contributed by atoms with E-state index in [1.165, 1.54) is 0 Å². The largest absolute Gasteiger partial charge is 0.378 e. The van der Waals surface area contributed by atoms with Gasteiger partial charge in [0.05, 0.1) is 31.0 Å². The van der Waals surface area contributed by atoms with E-state index < -0.39 is 0 Å². The summed E-state index contributed by atoms with van der Waals surface area (Å²) in [5, 5.41) is 3.06. The molecule has 1 fully saturated rings. The third-order valence-corrected chi connectivity index (χ3v) is 4.14. The van der Waals surface area contributed by atoms with Gasteiger partial charge in [-0.15, -0.1) is 0 Å². The first kappa shape index (κ1) is 15.6. The van der Waals surface area contributed by atoms with Gasteiger partial charge in [-0.05, 0) is 30.2 Å². The number of hydrogen-bond acceptors (Lipinski definition) is 3. The molecule has 0 unspecified atom stereocenters. The summed E-state index contributed by atoms with van der Waals surface area (Å²) in [6, 6.07) is 16.0. The molecule has 0 aliphatic carbocycles. The van der Waals surface area contributed by atoms with Crippen molar-refractivity contribution >= 4 is 17.3 Å². The van der Waals surface area contributed by atoms with Gasteiger partial charge in [-0.1, -0.05) is 36.4 Å². The monoisotopic (exact) mass is 310 g/mol. The van der Waals surface area contributed by atoms with Crippen LogP contribution in [0.25, 0.3) is 0 Å². The van der Waals surface area contributed by atoms with Crippen LogP contribution in [0, 0.1) is 6.92 Å². The second-order valence-electron chi connectivity index (χ2n) is 5.77. The molecule has 2 aromatic carbocycles. The molecule has 1 saturated heterocycles. The fourth-order valence-electron chi connectivity index (χ4n) is 2.84. The predicted molar refractivity (Wildman–Crippen MR) is 93.0 cm³/mol. The second-order valence-corrected chi connectivity index (χ2v) is 5.77.